The van der Waals surface area contributed by atoms with E-state index >= 15 is 0 Å². The summed E-state index contributed by atoms with van der Waals surface area (Å²) in [7, 11) is 0. The van der Waals surface area contributed by atoms with Crippen LogP contribution in [0.4, 0.5) is 4.39 Å². The highest BCUT2D eigenvalue weighted by Crippen LogP contribution is 2.33. The molecule has 1 saturated carbocycles. The van der Waals surface area contributed by atoms with E-state index in [1.807, 2.05) is 13.0 Å². The summed E-state index contributed by atoms with van der Waals surface area (Å²) in [4.78, 5) is 12.0. The first-order valence-corrected chi connectivity index (χ1v) is 6.04. The van der Waals surface area contributed by atoms with E-state index in [9.17, 15) is 9.18 Å². The summed E-state index contributed by atoms with van der Waals surface area (Å²) in [6.45, 7) is 3.59. The molecule has 2 N–H and O–H groups in total. The Morgan fingerprint density at radius 2 is 2.12 bits per heavy atom. The monoisotopic (exact) mass is 235 g/mol. The van der Waals surface area contributed by atoms with Gasteiger partial charge in [0.1, 0.15) is 5.82 Å². The first-order valence-electron chi connectivity index (χ1n) is 6.04. The molecule has 1 aliphatic carbocycles. The molecular formula is C14H18FNO. The Bertz CT molecular complexity index is 429. The molecule has 1 aromatic rings. The van der Waals surface area contributed by atoms with Gasteiger partial charge in [-0.15, -0.1) is 0 Å². The molecule has 1 unspecified atom stereocenters. The number of ketones is 1. The van der Waals surface area contributed by atoms with Gasteiger partial charge in [-0.2, -0.15) is 0 Å². The maximum absolute atomic E-state index is 13.8. The van der Waals surface area contributed by atoms with Crippen molar-refractivity contribution in [2.24, 2.45) is 11.7 Å². The minimum absolute atomic E-state index is 0.109. The van der Waals surface area contributed by atoms with Crippen LogP contribution in [0.1, 0.15) is 40.7 Å². The van der Waals surface area contributed by atoms with E-state index in [0.717, 1.165) is 18.4 Å². The van der Waals surface area contributed by atoms with E-state index in [2.05, 4.69) is 0 Å². The zero-order chi connectivity index (χ0) is 12.6. The molecule has 0 amide bonds. The Kier molecular flexibility index (Phi) is 3.29. The number of rotatable bonds is 4. The summed E-state index contributed by atoms with van der Waals surface area (Å²) in [6, 6.07) is 3.13. The van der Waals surface area contributed by atoms with Crippen LogP contribution in [0.15, 0.2) is 12.1 Å². The minimum atomic E-state index is -0.421. The van der Waals surface area contributed by atoms with Gasteiger partial charge in [-0.1, -0.05) is 6.07 Å². The predicted molar refractivity (Wildman–Crippen MR) is 65.5 cm³/mol. The van der Waals surface area contributed by atoms with E-state index in [4.69, 9.17) is 5.73 Å². The lowest BCUT2D eigenvalue weighted by Crippen LogP contribution is -2.26. The van der Waals surface area contributed by atoms with E-state index < -0.39 is 5.82 Å². The molecule has 1 fully saturated rings. The Morgan fingerprint density at radius 1 is 1.47 bits per heavy atom. The highest BCUT2D eigenvalue weighted by atomic mass is 19.1. The van der Waals surface area contributed by atoms with E-state index in [1.165, 1.54) is 6.07 Å². The van der Waals surface area contributed by atoms with Gasteiger partial charge in [0.25, 0.3) is 0 Å². The van der Waals surface area contributed by atoms with Gasteiger partial charge in [0, 0.05) is 12.5 Å². The van der Waals surface area contributed by atoms with Gasteiger partial charge in [-0.25, -0.2) is 4.39 Å². The highest BCUT2D eigenvalue weighted by molar-refractivity contribution is 5.98. The molecule has 0 aromatic heterocycles. The van der Waals surface area contributed by atoms with Gasteiger partial charge >= 0.3 is 0 Å². The van der Waals surface area contributed by atoms with Crippen LogP contribution < -0.4 is 5.73 Å². The molecule has 2 rings (SSSR count). The predicted octanol–water partition coefficient (Wildman–Crippen LogP) is 2.75. The molecule has 0 bridgehead atoms. The minimum Gasteiger partial charge on any atom is -0.327 e. The van der Waals surface area contributed by atoms with Crippen LogP contribution in [-0.2, 0) is 0 Å². The summed E-state index contributed by atoms with van der Waals surface area (Å²) in [5, 5.41) is 0. The maximum atomic E-state index is 13.8. The molecular weight excluding hydrogens is 217 g/mol. The van der Waals surface area contributed by atoms with Crippen molar-refractivity contribution < 1.29 is 9.18 Å². The number of nitrogens with two attached hydrogens (primary N) is 1. The van der Waals surface area contributed by atoms with Crippen molar-refractivity contribution in [3.8, 4) is 0 Å². The number of benzene rings is 1. The lowest BCUT2D eigenvalue weighted by atomic mass is 9.96. The number of hydrogen-bond donors (Lipinski definition) is 1. The maximum Gasteiger partial charge on any atom is 0.167 e. The van der Waals surface area contributed by atoms with Crippen molar-refractivity contribution in [3.05, 3.63) is 34.6 Å². The normalized spacial score (nSPS) is 16.9. The number of aryl methyl sites for hydroxylation is 2. The van der Waals surface area contributed by atoms with Crippen LogP contribution in [0, 0.1) is 25.6 Å². The number of carbonyl (C=O) groups is 1. The molecule has 0 radical (unpaired) electrons. The average Bonchev–Trinajstić information content (AvgIpc) is 2.97. The van der Waals surface area contributed by atoms with Gasteiger partial charge in [0.05, 0.1) is 5.56 Å². The zero-order valence-corrected chi connectivity index (χ0v) is 10.3. The molecule has 1 aliphatic rings. The molecule has 92 valence electrons. The number of carbonyl (C=O) groups excluding carboxylic acids is 1. The molecule has 0 aliphatic heterocycles. The van der Waals surface area contributed by atoms with Crippen LogP contribution in [0.5, 0.6) is 0 Å². The third kappa shape index (κ3) is 2.72. The number of hydrogen-bond acceptors (Lipinski definition) is 2. The first kappa shape index (κ1) is 12.2. The average molecular weight is 235 g/mol. The lowest BCUT2D eigenvalue weighted by Gasteiger charge is -2.12. The largest absolute Gasteiger partial charge is 0.327 e. The van der Waals surface area contributed by atoms with Gasteiger partial charge < -0.3 is 5.73 Å². The summed E-state index contributed by atoms with van der Waals surface area (Å²) < 4.78 is 13.8. The van der Waals surface area contributed by atoms with E-state index in [0.29, 0.717) is 11.5 Å². The first-order chi connectivity index (χ1) is 7.99. The van der Waals surface area contributed by atoms with Crippen LogP contribution >= 0.6 is 0 Å². The molecule has 0 spiro atoms. The second-order valence-corrected chi connectivity index (χ2v) is 5.07. The van der Waals surface area contributed by atoms with Crippen molar-refractivity contribution in [3.63, 3.8) is 0 Å². The zero-order valence-electron chi connectivity index (χ0n) is 10.3. The fourth-order valence-electron chi connectivity index (χ4n) is 2.28. The summed E-state index contributed by atoms with van der Waals surface area (Å²) in [5.41, 5.74) is 7.66. The molecule has 1 aromatic carbocycles. The molecule has 17 heavy (non-hydrogen) atoms. The summed E-state index contributed by atoms with van der Waals surface area (Å²) in [6.07, 6.45) is 2.46. The van der Waals surface area contributed by atoms with Crippen LogP contribution in [0.2, 0.25) is 0 Å². The number of Topliss-reactive ketones (excluding diaryl/α,β-unsaturated/α-hetero) is 1. The summed E-state index contributed by atoms with van der Waals surface area (Å²) >= 11 is 0. The molecule has 0 heterocycles. The fourth-order valence-corrected chi connectivity index (χ4v) is 2.28. The third-order valence-electron chi connectivity index (χ3n) is 3.36. The Balaban J connectivity index is 2.18. The molecule has 0 saturated heterocycles. The fraction of sp³-hybridized carbons (Fsp3) is 0.500. The second-order valence-electron chi connectivity index (χ2n) is 5.07. The quantitative estimate of drug-likeness (QED) is 0.815. The number of halogens is 1. The van der Waals surface area contributed by atoms with Crippen LogP contribution in [0.3, 0.4) is 0 Å². The Hall–Kier alpha value is -1.22. The Morgan fingerprint density at radius 3 is 2.65 bits per heavy atom. The van der Waals surface area contributed by atoms with Crippen molar-refractivity contribution in [1.29, 1.82) is 0 Å². The molecule has 2 nitrogen and oxygen atoms in total. The van der Waals surface area contributed by atoms with Crippen molar-refractivity contribution >= 4 is 5.78 Å². The van der Waals surface area contributed by atoms with Gasteiger partial charge in [0.2, 0.25) is 0 Å². The van der Waals surface area contributed by atoms with E-state index in [1.54, 1.807) is 6.92 Å². The standard InChI is InChI=1S/C14H18FNO/c1-8-5-9(2)14(11(15)6-8)13(17)7-12(16)10-3-4-10/h5-6,10,12H,3-4,7,16H2,1-2H3. The van der Waals surface area contributed by atoms with Crippen LogP contribution in [0.25, 0.3) is 0 Å². The molecule has 1 atom stereocenters. The summed E-state index contributed by atoms with van der Waals surface area (Å²) in [5.74, 6) is -0.123. The SMILES string of the molecule is Cc1cc(C)c(C(=O)CC(N)C2CC2)c(F)c1. The lowest BCUT2D eigenvalue weighted by molar-refractivity contribution is 0.0967. The van der Waals surface area contributed by atoms with Crippen molar-refractivity contribution in [2.45, 2.75) is 39.2 Å². The second kappa shape index (κ2) is 4.57. The molecule has 3 heteroatoms. The van der Waals surface area contributed by atoms with E-state index in [-0.39, 0.29) is 23.8 Å². The van der Waals surface area contributed by atoms with Gasteiger partial charge in [-0.05, 0) is 49.8 Å². The third-order valence-corrected chi connectivity index (χ3v) is 3.36. The van der Waals surface area contributed by atoms with Crippen molar-refractivity contribution in [2.75, 3.05) is 0 Å². The van der Waals surface area contributed by atoms with Crippen LogP contribution in [-0.4, -0.2) is 11.8 Å². The smallest absolute Gasteiger partial charge is 0.167 e. The Labute approximate surface area is 101 Å². The van der Waals surface area contributed by atoms with Gasteiger partial charge in [0.15, 0.2) is 5.78 Å². The van der Waals surface area contributed by atoms with Crippen molar-refractivity contribution in [1.82, 2.24) is 0 Å². The topological polar surface area (TPSA) is 43.1 Å². The highest BCUT2D eigenvalue weighted by Gasteiger charge is 2.30. The van der Waals surface area contributed by atoms with Gasteiger partial charge in [-0.3, -0.25) is 4.79 Å².